The quantitative estimate of drug-likeness (QED) is 0.723. The van der Waals surface area contributed by atoms with E-state index in [1.807, 2.05) is 24.3 Å². The zero-order chi connectivity index (χ0) is 21.0. The van der Waals surface area contributed by atoms with Crippen molar-refractivity contribution in [3.8, 4) is 0 Å². The van der Waals surface area contributed by atoms with Crippen molar-refractivity contribution in [2.45, 2.75) is 25.4 Å². The van der Waals surface area contributed by atoms with Gasteiger partial charge in [0.25, 0.3) is 0 Å². The minimum Gasteiger partial charge on any atom is -0.370 e. The first-order valence-corrected chi connectivity index (χ1v) is 9.29. The van der Waals surface area contributed by atoms with Crippen LogP contribution in [0.4, 0.5) is 10.1 Å². The maximum absolute atomic E-state index is 13.3. The first kappa shape index (κ1) is 20.5. The summed E-state index contributed by atoms with van der Waals surface area (Å²) in [6.45, 7) is 0.395. The van der Waals surface area contributed by atoms with Gasteiger partial charge in [0.2, 0.25) is 17.7 Å². The molecule has 0 saturated carbocycles. The van der Waals surface area contributed by atoms with E-state index in [0.29, 0.717) is 18.7 Å². The van der Waals surface area contributed by atoms with Crippen LogP contribution in [0.15, 0.2) is 48.5 Å². The second-order valence-corrected chi connectivity index (χ2v) is 7.03. The fourth-order valence-electron chi connectivity index (χ4n) is 3.52. The summed E-state index contributed by atoms with van der Waals surface area (Å²) in [7, 11) is 0. The van der Waals surface area contributed by atoms with Crippen LogP contribution in [-0.4, -0.2) is 41.8 Å². The van der Waals surface area contributed by atoms with Gasteiger partial charge in [-0.25, -0.2) is 4.39 Å². The van der Waals surface area contributed by atoms with Gasteiger partial charge < -0.3 is 16.4 Å². The molecule has 0 aliphatic carbocycles. The van der Waals surface area contributed by atoms with Gasteiger partial charge in [-0.15, -0.1) is 0 Å². The van der Waals surface area contributed by atoms with Crippen LogP contribution in [0.3, 0.4) is 0 Å². The molecule has 3 amide bonds. The minimum absolute atomic E-state index is 0.0365. The Morgan fingerprint density at radius 2 is 1.69 bits per heavy atom. The highest BCUT2D eigenvalue weighted by atomic mass is 19.1. The summed E-state index contributed by atoms with van der Waals surface area (Å²) < 4.78 is 13.3. The molecule has 0 saturated heterocycles. The molecule has 0 spiro atoms. The number of fused-ring (bicyclic) bond motifs is 1. The van der Waals surface area contributed by atoms with Crippen molar-refractivity contribution in [2.24, 2.45) is 11.5 Å². The van der Waals surface area contributed by atoms with Crippen molar-refractivity contribution in [3.05, 3.63) is 65.5 Å². The van der Waals surface area contributed by atoms with Crippen molar-refractivity contribution < 1.29 is 18.8 Å². The second-order valence-electron chi connectivity index (χ2n) is 7.03. The fourth-order valence-corrected chi connectivity index (χ4v) is 3.52. The first-order chi connectivity index (χ1) is 13.8. The Balaban J connectivity index is 1.82. The lowest BCUT2D eigenvalue weighted by Crippen LogP contribution is -2.52. The Hall–Kier alpha value is -3.26. The topological polar surface area (TPSA) is 110 Å². The van der Waals surface area contributed by atoms with Crippen LogP contribution < -0.4 is 16.4 Å². The van der Waals surface area contributed by atoms with Crippen LogP contribution in [0.25, 0.3) is 0 Å². The molecule has 0 radical (unpaired) electrons. The fraction of sp³-hybridized carbons (Fsp3) is 0.286. The summed E-state index contributed by atoms with van der Waals surface area (Å²) in [4.78, 5) is 39.4. The summed E-state index contributed by atoms with van der Waals surface area (Å²) in [6, 6.07) is 12.5. The molecular weight excluding hydrogens is 375 g/mol. The van der Waals surface area contributed by atoms with E-state index >= 15 is 0 Å². The smallest absolute Gasteiger partial charge is 0.241 e. The van der Waals surface area contributed by atoms with Gasteiger partial charge in [0.05, 0.1) is 12.6 Å². The number of nitrogens with two attached hydrogens (primary N) is 2. The number of anilines is 1. The lowest BCUT2D eigenvalue weighted by atomic mass is 9.93. The van der Waals surface area contributed by atoms with Gasteiger partial charge >= 0.3 is 0 Å². The molecule has 1 aliphatic rings. The van der Waals surface area contributed by atoms with Crippen molar-refractivity contribution in [1.82, 2.24) is 4.90 Å². The highest BCUT2D eigenvalue weighted by Gasteiger charge is 2.32. The van der Waals surface area contributed by atoms with Gasteiger partial charge in [0, 0.05) is 25.2 Å². The molecule has 0 aromatic heterocycles. The van der Waals surface area contributed by atoms with Crippen LogP contribution in [0.1, 0.15) is 17.5 Å². The molecule has 2 aromatic rings. The Labute approximate surface area is 168 Å². The van der Waals surface area contributed by atoms with Gasteiger partial charge in [-0.2, -0.15) is 0 Å². The zero-order valence-electron chi connectivity index (χ0n) is 15.9. The van der Waals surface area contributed by atoms with E-state index in [1.165, 1.54) is 29.2 Å². The predicted octanol–water partition coefficient (Wildman–Crippen LogP) is 0.946. The SMILES string of the molecule is NC(=O)CCN(C(=O)CN1Cc2ccccc2C[C@H]1C(N)=O)c1ccc(F)cc1. The van der Waals surface area contributed by atoms with Gasteiger partial charge in [0.15, 0.2) is 0 Å². The van der Waals surface area contributed by atoms with Crippen molar-refractivity contribution in [2.75, 3.05) is 18.0 Å². The summed E-state index contributed by atoms with van der Waals surface area (Å²) in [5.74, 6) is -1.81. The van der Waals surface area contributed by atoms with Gasteiger partial charge in [0.1, 0.15) is 5.82 Å². The summed E-state index contributed by atoms with van der Waals surface area (Å²) in [6.07, 6.45) is 0.391. The third-order valence-corrected chi connectivity index (χ3v) is 5.03. The van der Waals surface area contributed by atoms with Crippen molar-refractivity contribution in [1.29, 1.82) is 0 Å². The summed E-state index contributed by atoms with van der Waals surface area (Å²) in [5, 5.41) is 0. The lowest BCUT2D eigenvalue weighted by Gasteiger charge is -2.36. The number of hydrogen-bond donors (Lipinski definition) is 2. The average molecular weight is 398 g/mol. The van der Waals surface area contributed by atoms with E-state index in [0.717, 1.165) is 11.1 Å². The molecule has 1 atom stereocenters. The molecule has 8 heteroatoms. The molecule has 0 fully saturated rings. The predicted molar refractivity (Wildman–Crippen MR) is 106 cm³/mol. The molecule has 1 heterocycles. The third kappa shape index (κ3) is 4.97. The Morgan fingerprint density at radius 3 is 2.31 bits per heavy atom. The van der Waals surface area contributed by atoms with E-state index in [4.69, 9.17) is 11.5 Å². The van der Waals surface area contributed by atoms with Crippen molar-refractivity contribution in [3.63, 3.8) is 0 Å². The summed E-state index contributed by atoms with van der Waals surface area (Å²) in [5.41, 5.74) is 13.3. The number of primary amides is 2. The van der Waals surface area contributed by atoms with E-state index in [9.17, 15) is 18.8 Å². The standard InChI is InChI=1S/C21H23FN4O3/c22-16-5-7-17(8-6-16)26(10-9-19(23)27)20(28)13-25-12-15-4-2-1-3-14(15)11-18(25)21(24)29/h1-8,18H,9-13H2,(H2,23,27)(H2,24,29)/t18-/m0/s1. The molecule has 3 rings (SSSR count). The number of hydrogen-bond acceptors (Lipinski definition) is 4. The number of nitrogens with zero attached hydrogens (tertiary/aromatic N) is 2. The van der Waals surface area contributed by atoms with Crippen LogP contribution in [0, 0.1) is 5.82 Å². The average Bonchev–Trinajstić information content (AvgIpc) is 2.68. The molecule has 152 valence electrons. The van der Waals surface area contributed by atoms with E-state index in [1.54, 1.807) is 4.90 Å². The molecule has 0 bridgehead atoms. The van der Waals surface area contributed by atoms with Crippen LogP contribution >= 0.6 is 0 Å². The monoisotopic (exact) mass is 398 g/mol. The van der Waals surface area contributed by atoms with Gasteiger partial charge in [-0.1, -0.05) is 24.3 Å². The Kier molecular flexibility index (Phi) is 6.23. The molecule has 29 heavy (non-hydrogen) atoms. The molecule has 1 aliphatic heterocycles. The largest absolute Gasteiger partial charge is 0.370 e. The lowest BCUT2D eigenvalue weighted by molar-refractivity contribution is -0.126. The highest BCUT2D eigenvalue weighted by molar-refractivity contribution is 5.96. The second kappa shape index (κ2) is 8.83. The van der Waals surface area contributed by atoms with Crippen molar-refractivity contribution >= 4 is 23.4 Å². The number of halogens is 1. The summed E-state index contributed by atoms with van der Waals surface area (Å²) >= 11 is 0. The maximum Gasteiger partial charge on any atom is 0.241 e. The molecule has 2 aromatic carbocycles. The van der Waals surface area contributed by atoms with Crippen LogP contribution in [-0.2, 0) is 27.3 Å². The minimum atomic E-state index is -0.611. The molecule has 0 unspecified atom stereocenters. The van der Waals surface area contributed by atoms with Gasteiger partial charge in [-0.3, -0.25) is 19.3 Å². The van der Waals surface area contributed by atoms with Crippen LogP contribution in [0.5, 0.6) is 0 Å². The maximum atomic E-state index is 13.3. The number of rotatable bonds is 7. The Bertz CT molecular complexity index is 916. The first-order valence-electron chi connectivity index (χ1n) is 9.29. The molecule has 7 nitrogen and oxygen atoms in total. The normalized spacial score (nSPS) is 16.1. The van der Waals surface area contributed by atoms with E-state index < -0.39 is 23.7 Å². The number of benzene rings is 2. The third-order valence-electron chi connectivity index (χ3n) is 5.03. The number of carbonyl (C=O) groups is 3. The highest BCUT2D eigenvalue weighted by Crippen LogP contribution is 2.24. The molecule has 4 N–H and O–H groups in total. The van der Waals surface area contributed by atoms with Crippen LogP contribution in [0.2, 0.25) is 0 Å². The van der Waals surface area contributed by atoms with E-state index in [-0.39, 0.29) is 25.4 Å². The van der Waals surface area contributed by atoms with E-state index in [2.05, 4.69) is 0 Å². The number of amides is 3. The van der Waals surface area contributed by atoms with Gasteiger partial charge in [-0.05, 0) is 41.8 Å². The Morgan fingerprint density at radius 1 is 1.03 bits per heavy atom. The zero-order valence-corrected chi connectivity index (χ0v) is 15.9. The number of carbonyl (C=O) groups excluding carboxylic acids is 3. The molecular formula is C21H23FN4O3.